The van der Waals surface area contributed by atoms with E-state index in [1.807, 2.05) is 0 Å². The minimum atomic E-state index is -3.57. The molecule has 11 heteroatoms. The van der Waals surface area contributed by atoms with Crippen molar-refractivity contribution in [3.05, 3.63) is 24.3 Å². The molecule has 0 atom stereocenters. The van der Waals surface area contributed by atoms with E-state index in [9.17, 15) is 18.0 Å². The number of carbonyl (C=O) groups excluding carboxylic acids is 2. The van der Waals surface area contributed by atoms with Gasteiger partial charge in [0, 0.05) is 31.6 Å². The van der Waals surface area contributed by atoms with Crippen molar-refractivity contribution < 1.29 is 22.4 Å². The van der Waals surface area contributed by atoms with Crippen LogP contribution in [0.4, 0.5) is 0 Å². The van der Waals surface area contributed by atoms with E-state index < -0.39 is 10.0 Å². The van der Waals surface area contributed by atoms with Gasteiger partial charge in [-0.15, -0.1) is 10.2 Å². The minimum Gasteiger partial charge on any atom is -0.411 e. The van der Waals surface area contributed by atoms with E-state index in [0.29, 0.717) is 38.0 Å². The quantitative estimate of drug-likeness (QED) is 0.615. The van der Waals surface area contributed by atoms with Gasteiger partial charge >= 0.3 is 0 Å². The highest BCUT2D eigenvalue weighted by atomic mass is 32.2. The number of nitrogens with zero attached hydrogens (tertiary/aromatic N) is 4. The second kappa shape index (κ2) is 8.86. The smallest absolute Gasteiger partial charge is 0.277 e. The molecule has 2 aliphatic rings. The summed E-state index contributed by atoms with van der Waals surface area (Å²) in [5.41, 5.74) is 0.494. The van der Waals surface area contributed by atoms with Gasteiger partial charge in [-0.05, 0) is 37.5 Å². The summed E-state index contributed by atoms with van der Waals surface area (Å²) in [6.07, 6.45) is 3.87. The molecule has 0 saturated carbocycles. The monoisotopic (exact) mass is 450 g/mol. The summed E-state index contributed by atoms with van der Waals surface area (Å²) in [7, 11) is -3.57. The van der Waals surface area contributed by atoms with E-state index in [0.717, 1.165) is 31.0 Å². The van der Waals surface area contributed by atoms with Crippen molar-refractivity contribution >= 4 is 33.6 Å². The zero-order valence-corrected chi connectivity index (χ0v) is 18.0. The van der Waals surface area contributed by atoms with Gasteiger partial charge in [0.05, 0.1) is 10.6 Å². The van der Waals surface area contributed by atoms with E-state index in [1.54, 1.807) is 18.2 Å². The summed E-state index contributed by atoms with van der Waals surface area (Å²) in [5.74, 6) is -0.232. The molecule has 2 fully saturated rings. The fraction of sp³-hybridized carbons (Fsp3) is 0.474. The third kappa shape index (κ3) is 4.42. The van der Waals surface area contributed by atoms with Crippen LogP contribution >= 0.6 is 11.8 Å². The number of hydrogen-bond donors (Lipinski definition) is 0. The standard InChI is InChI=1S/C19H22N4O5S2/c24-16-8-5-11-23(16)17(25)13-29-19-21-20-18(28-19)14-6-4-7-15(12-14)30(26,27)22-9-2-1-3-10-22/h4,6-7,12H,1-3,5,8-11,13H2. The lowest BCUT2D eigenvalue weighted by atomic mass is 10.2. The first-order valence-corrected chi connectivity index (χ1v) is 12.3. The van der Waals surface area contributed by atoms with Crippen molar-refractivity contribution in [3.8, 4) is 11.5 Å². The average Bonchev–Trinajstić information content (AvgIpc) is 3.42. The Morgan fingerprint density at radius 3 is 2.63 bits per heavy atom. The Hall–Kier alpha value is -2.24. The van der Waals surface area contributed by atoms with E-state index in [1.165, 1.54) is 15.3 Å². The van der Waals surface area contributed by atoms with Gasteiger partial charge in [0.25, 0.3) is 5.22 Å². The molecule has 0 spiro atoms. The topological polar surface area (TPSA) is 114 Å². The first-order valence-electron chi connectivity index (χ1n) is 9.85. The van der Waals surface area contributed by atoms with Gasteiger partial charge in [-0.3, -0.25) is 14.5 Å². The molecule has 4 rings (SSSR count). The van der Waals surface area contributed by atoms with Crippen molar-refractivity contribution in [1.82, 2.24) is 19.4 Å². The summed E-state index contributed by atoms with van der Waals surface area (Å²) in [5, 5.41) is 8.09. The summed E-state index contributed by atoms with van der Waals surface area (Å²) in [6, 6.07) is 6.43. The van der Waals surface area contributed by atoms with Crippen molar-refractivity contribution in [2.45, 2.75) is 42.2 Å². The molecule has 1 aromatic heterocycles. The molecule has 1 aromatic carbocycles. The molecule has 0 unspecified atom stereocenters. The van der Waals surface area contributed by atoms with Gasteiger partial charge in [-0.2, -0.15) is 4.31 Å². The van der Waals surface area contributed by atoms with Gasteiger partial charge in [-0.1, -0.05) is 24.2 Å². The SMILES string of the molecule is O=C1CCCN1C(=O)CSc1nnc(-c2cccc(S(=O)(=O)N3CCCCC3)c2)o1. The molecule has 0 aliphatic carbocycles. The lowest BCUT2D eigenvalue weighted by Gasteiger charge is -2.25. The number of rotatable bonds is 6. The summed E-state index contributed by atoms with van der Waals surface area (Å²) in [6.45, 7) is 1.51. The number of benzene rings is 1. The molecular formula is C19H22N4O5S2. The number of sulfonamides is 1. The van der Waals surface area contributed by atoms with Gasteiger partial charge in [-0.25, -0.2) is 8.42 Å². The van der Waals surface area contributed by atoms with Crippen molar-refractivity contribution in [1.29, 1.82) is 0 Å². The van der Waals surface area contributed by atoms with Crippen LogP contribution in [-0.4, -0.2) is 65.0 Å². The number of carbonyl (C=O) groups is 2. The second-order valence-corrected chi connectivity index (χ2v) is 10.1. The van der Waals surface area contributed by atoms with Gasteiger partial charge < -0.3 is 4.42 Å². The second-order valence-electron chi connectivity index (χ2n) is 7.20. The maximum absolute atomic E-state index is 12.9. The maximum Gasteiger partial charge on any atom is 0.277 e. The highest BCUT2D eigenvalue weighted by molar-refractivity contribution is 7.99. The van der Waals surface area contributed by atoms with Crippen LogP contribution in [0.5, 0.6) is 0 Å². The number of thioether (sulfide) groups is 1. The van der Waals surface area contributed by atoms with E-state index >= 15 is 0 Å². The van der Waals surface area contributed by atoms with E-state index in [4.69, 9.17) is 4.42 Å². The molecule has 30 heavy (non-hydrogen) atoms. The zero-order chi connectivity index (χ0) is 21.1. The Balaban J connectivity index is 1.45. The predicted molar refractivity (Wildman–Crippen MR) is 109 cm³/mol. The fourth-order valence-electron chi connectivity index (χ4n) is 3.54. The predicted octanol–water partition coefficient (Wildman–Crippen LogP) is 2.15. The molecule has 2 amide bonds. The first-order chi connectivity index (χ1) is 14.4. The highest BCUT2D eigenvalue weighted by Gasteiger charge is 2.28. The molecule has 9 nitrogen and oxygen atoms in total. The van der Waals surface area contributed by atoms with Crippen LogP contribution in [0, 0.1) is 0 Å². The van der Waals surface area contributed by atoms with Gasteiger partial charge in [0.15, 0.2) is 0 Å². The number of amides is 2. The lowest BCUT2D eigenvalue weighted by molar-refractivity contribution is -0.140. The molecule has 2 aromatic rings. The fourth-order valence-corrected chi connectivity index (χ4v) is 5.74. The Kier molecular flexibility index (Phi) is 6.21. The Morgan fingerprint density at radius 1 is 1.10 bits per heavy atom. The van der Waals surface area contributed by atoms with Crippen LogP contribution in [0.1, 0.15) is 32.1 Å². The molecule has 3 heterocycles. The third-order valence-corrected chi connectivity index (χ3v) is 7.83. The van der Waals surface area contributed by atoms with Crippen molar-refractivity contribution in [3.63, 3.8) is 0 Å². The Labute approximate surface area is 178 Å². The highest BCUT2D eigenvalue weighted by Crippen LogP contribution is 2.27. The summed E-state index contributed by atoms with van der Waals surface area (Å²) >= 11 is 1.06. The summed E-state index contributed by atoms with van der Waals surface area (Å²) < 4.78 is 32.9. The van der Waals surface area contributed by atoms with Crippen LogP contribution < -0.4 is 0 Å². The minimum absolute atomic E-state index is 0.0246. The lowest BCUT2D eigenvalue weighted by Crippen LogP contribution is -2.35. The molecule has 0 radical (unpaired) electrons. The number of imide groups is 1. The van der Waals surface area contributed by atoms with Gasteiger partial charge in [0.2, 0.25) is 27.7 Å². The van der Waals surface area contributed by atoms with Crippen LogP contribution in [0.2, 0.25) is 0 Å². The number of hydrogen-bond acceptors (Lipinski definition) is 8. The summed E-state index contributed by atoms with van der Waals surface area (Å²) in [4.78, 5) is 25.2. The largest absolute Gasteiger partial charge is 0.411 e. The maximum atomic E-state index is 12.9. The van der Waals surface area contributed by atoms with Crippen LogP contribution in [0.3, 0.4) is 0 Å². The third-order valence-electron chi connectivity index (χ3n) is 5.13. The molecule has 2 saturated heterocycles. The number of piperidine rings is 1. The van der Waals surface area contributed by atoms with E-state index in [-0.39, 0.29) is 33.6 Å². The Bertz CT molecular complexity index is 1050. The zero-order valence-electron chi connectivity index (χ0n) is 16.3. The Morgan fingerprint density at radius 2 is 1.90 bits per heavy atom. The molecule has 160 valence electrons. The van der Waals surface area contributed by atoms with Crippen molar-refractivity contribution in [2.24, 2.45) is 0 Å². The molecule has 0 bridgehead atoms. The number of likely N-dealkylation sites (tertiary alicyclic amines) is 1. The molecule has 0 N–H and O–H groups in total. The van der Waals surface area contributed by atoms with E-state index in [2.05, 4.69) is 10.2 Å². The molecular weight excluding hydrogens is 428 g/mol. The van der Waals surface area contributed by atoms with Gasteiger partial charge in [0.1, 0.15) is 0 Å². The first kappa shape index (κ1) is 21.0. The van der Waals surface area contributed by atoms with Crippen LogP contribution in [-0.2, 0) is 19.6 Å². The number of aromatic nitrogens is 2. The van der Waals surface area contributed by atoms with Crippen LogP contribution in [0.15, 0.2) is 38.8 Å². The normalized spacial score (nSPS) is 18.1. The van der Waals surface area contributed by atoms with Crippen LogP contribution in [0.25, 0.3) is 11.5 Å². The average molecular weight is 451 g/mol. The van der Waals surface area contributed by atoms with Crippen molar-refractivity contribution in [2.75, 3.05) is 25.4 Å². The molecule has 2 aliphatic heterocycles.